The molecule has 0 aromatic heterocycles. The van der Waals surface area contributed by atoms with E-state index in [1.807, 2.05) is 13.8 Å². The van der Waals surface area contributed by atoms with Crippen LogP contribution in [0, 0.1) is 5.92 Å². The molecular formula is C16H23NO5. The van der Waals surface area contributed by atoms with Crippen LogP contribution in [0.15, 0.2) is 24.3 Å². The Labute approximate surface area is 130 Å². The Morgan fingerprint density at radius 3 is 2.27 bits per heavy atom. The third kappa shape index (κ3) is 5.27. The van der Waals surface area contributed by atoms with Crippen molar-refractivity contribution in [1.82, 2.24) is 5.32 Å². The second kappa shape index (κ2) is 8.92. The average Bonchev–Trinajstić information content (AvgIpc) is 2.51. The first-order valence-electron chi connectivity index (χ1n) is 7.36. The van der Waals surface area contributed by atoms with Crippen molar-refractivity contribution in [2.24, 2.45) is 5.92 Å². The number of hydrogen-bond acceptors (Lipinski definition) is 4. The number of carbonyl (C=O) groups excluding carboxylic acids is 1. The Morgan fingerprint density at radius 2 is 1.77 bits per heavy atom. The van der Waals surface area contributed by atoms with E-state index in [0.29, 0.717) is 24.5 Å². The summed E-state index contributed by atoms with van der Waals surface area (Å²) in [5.74, 6) is -0.669. The van der Waals surface area contributed by atoms with E-state index in [1.165, 1.54) is 0 Å². The Bertz CT molecular complexity index is 503. The normalized spacial score (nSPS) is 13.0. The summed E-state index contributed by atoms with van der Waals surface area (Å²) in [6.07, 6.45) is 0.658. The van der Waals surface area contributed by atoms with Crippen molar-refractivity contribution >= 4 is 11.9 Å². The number of ether oxygens (including phenoxy) is 2. The molecule has 1 rings (SSSR count). The zero-order chi connectivity index (χ0) is 16.5. The lowest BCUT2D eigenvalue weighted by molar-refractivity contribution is -0.143. The quantitative estimate of drug-likeness (QED) is 0.729. The van der Waals surface area contributed by atoms with E-state index in [0.717, 1.165) is 0 Å². The Balaban J connectivity index is 2.60. The minimum atomic E-state index is -1.04. The predicted octanol–water partition coefficient (Wildman–Crippen LogP) is 2.08. The largest absolute Gasteiger partial charge is 0.490 e. The fraction of sp³-hybridized carbons (Fsp3) is 0.500. The third-order valence-corrected chi connectivity index (χ3v) is 3.30. The Kier molecular flexibility index (Phi) is 7.22. The lowest BCUT2D eigenvalue weighted by atomic mass is 9.99. The SMILES string of the molecule is CCOc1ccccc1OCC(=O)N[C@H](C(=O)O)[C@@H](C)CC. The van der Waals surface area contributed by atoms with E-state index in [2.05, 4.69) is 5.32 Å². The summed E-state index contributed by atoms with van der Waals surface area (Å²) in [5, 5.41) is 11.6. The second-order valence-corrected chi connectivity index (χ2v) is 4.94. The first-order chi connectivity index (χ1) is 10.5. The molecule has 0 saturated carbocycles. The van der Waals surface area contributed by atoms with Crippen molar-refractivity contribution in [3.63, 3.8) is 0 Å². The number of rotatable bonds is 9. The molecule has 2 N–H and O–H groups in total. The van der Waals surface area contributed by atoms with Gasteiger partial charge in [-0.3, -0.25) is 4.79 Å². The van der Waals surface area contributed by atoms with E-state index in [9.17, 15) is 9.59 Å². The molecule has 6 heteroatoms. The topological polar surface area (TPSA) is 84.9 Å². The maximum atomic E-state index is 11.9. The lowest BCUT2D eigenvalue weighted by Crippen LogP contribution is -2.46. The number of benzene rings is 1. The predicted molar refractivity (Wildman–Crippen MR) is 82.1 cm³/mol. The standard InChI is InChI=1S/C16H23NO5/c1-4-11(3)15(16(19)20)17-14(18)10-22-13-9-7-6-8-12(13)21-5-2/h6-9,11,15H,4-5,10H2,1-3H3,(H,17,18)(H,19,20)/t11-,15-/m0/s1. The summed E-state index contributed by atoms with van der Waals surface area (Å²) in [4.78, 5) is 23.1. The monoisotopic (exact) mass is 309 g/mol. The lowest BCUT2D eigenvalue weighted by Gasteiger charge is -2.20. The number of amides is 1. The molecule has 0 radical (unpaired) electrons. The number of hydrogen-bond donors (Lipinski definition) is 2. The molecule has 1 aromatic carbocycles. The van der Waals surface area contributed by atoms with Crippen LogP contribution in [0.2, 0.25) is 0 Å². The molecule has 0 aliphatic rings. The molecule has 1 amide bonds. The summed E-state index contributed by atoms with van der Waals surface area (Å²) in [7, 11) is 0. The molecule has 0 spiro atoms. The zero-order valence-electron chi connectivity index (χ0n) is 13.2. The summed E-state index contributed by atoms with van der Waals surface area (Å²) >= 11 is 0. The maximum Gasteiger partial charge on any atom is 0.326 e. The van der Waals surface area contributed by atoms with Gasteiger partial charge in [-0.1, -0.05) is 32.4 Å². The number of carboxylic acid groups (broad SMARTS) is 1. The van der Waals surface area contributed by atoms with Gasteiger partial charge in [0.2, 0.25) is 0 Å². The minimum absolute atomic E-state index is 0.155. The zero-order valence-corrected chi connectivity index (χ0v) is 13.2. The van der Waals surface area contributed by atoms with Crippen LogP contribution in [0.4, 0.5) is 0 Å². The smallest absolute Gasteiger partial charge is 0.326 e. The number of para-hydroxylation sites is 2. The van der Waals surface area contributed by atoms with Crippen LogP contribution < -0.4 is 14.8 Å². The highest BCUT2D eigenvalue weighted by molar-refractivity contribution is 5.84. The first-order valence-corrected chi connectivity index (χ1v) is 7.36. The van der Waals surface area contributed by atoms with Gasteiger partial charge in [-0.2, -0.15) is 0 Å². The number of carboxylic acids is 1. The molecule has 0 heterocycles. The van der Waals surface area contributed by atoms with Crippen LogP contribution in [-0.2, 0) is 9.59 Å². The summed E-state index contributed by atoms with van der Waals surface area (Å²) in [5.41, 5.74) is 0. The molecular weight excluding hydrogens is 286 g/mol. The van der Waals surface area contributed by atoms with Crippen molar-refractivity contribution in [2.75, 3.05) is 13.2 Å². The van der Waals surface area contributed by atoms with Crippen molar-refractivity contribution in [3.8, 4) is 11.5 Å². The number of nitrogens with one attached hydrogen (secondary N) is 1. The van der Waals surface area contributed by atoms with Crippen LogP contribution >= 0.6 is 0 Å². The molecule has 0 aliphatic carbocycles. The fourth-order valence-electron chi connectivity index (χ4n) is 1.89. The van der Waals surface area contributed by atoms with Gasteiger partial charge < -0.3 is 19.9 Å². The van der Waals surface area contributed by atoms with E-state index < -0.39 is 17.9 Å². The van der Waals surface area contributed by atoms with Gasteiger partial charge in [0.05, 0.1) is 6.61 Å². The van der Waals surface area contributed by atoms with E-state index in [-0.39, 0.29) is 12.5 Å². The van der Waals surface area contributed by atoms with Crippen LogP contribution in [0.5, 0.6) is 11.5 Å². The summed E-state index contributed by atoms with van der Waals surface area (Å²) in [6, 6.07) is 6.11. The van der Waals surface area contributed by atoms with E-state index in [4.69, 9.17) is 14.6 Å². The van der Waals surface area contributed by atoms with Gasteiger partial charge >= 0.3 is 5.97 Å². The maximum absolute atomic E-state index is 11.9. The van der Waals surface area contributed by atoms with Crippen molar-refractivity contribution < 1.29 is 24.2 Å². The molecule has 22 heavy (non-hydrogen) atoms. The summed E-state index contributed by atoms with van der Waals surface area (Å²) in [6.45, 7) is 5.74. The molecule has 122 valence electrons. The minimum Gasteiger partial charge on any atom is -0.490 e. The van der Waals surface area contributed by atoms with Gasteiger partial charge in [0.15, 0.2) is 18.1 Å². The average molecular weight is 309 g/mol. The van der Waals surface area contributed by atoms with Gasteiger partial charge in [-0.15, -0.1) is 0 Å². The molecule has 0 saturated heterocycles. The van der Waals surface area contributed by atoms with Crippen molar-refractivity contribution in [2.45, 2.75) is 33.2 Å². The highest BCUT2D eigenvalue weighted by Gasteiger charge is 2.25. The van der Waals surface area contributed by atoms with Crippen LogP contribution in [0.25, 0.3) is 0 Å². The molecule has 0 bridgehead atoms. The molecule has 0 fully saturated rings. The van der Waals surface area contributed by atoms with Crippen LogP contribution in [-0.4, -0.2) is 36.2 Å². The molecule has 2 atom stereocenters. The van der Waals surface area contributed by atoms with E-state index in [1.54, 1.807) is 31.2 Å². The summed E-state index contributed by atoms with van der Waals surface area (Å²) < 4.78 is 10.8. The van der Waals surface area contributed by atoms with Gasteiger partial charge in [0.25, 0.3) is 5.91 Å². The van der Waals surface area contributed by atoms with Crippen LogP contribution in [0.3, 0.4) is 0 Å². The molecule has 1 aromatic rings. The van der Waals surface area contributed by atoms with Gasteiger partial charge in [-0.25, -0.2) is 4.79 Å². The Morgan fingerprint density at radius 1 is 1.18 bits per heavy atom. The van der Waals surface area contributed by atoms with E-state index >= 15 is 0 Å². The molecule has 0 aliphatic heterocycles. The Hall–Kier alpha value is -2.24. The number of carbonyl (C=O) groups is 2. The molecule has 6 nitrogen and oxygen atoms in total. The molecule has 0 unspecified atom stereocenters. The highest BCUT2D eigenvalue weighted by atomic mass is 16.5. The van der Waals surface area contributed by atoms with Crippen LogP contribution in [0.1, 0.15) is 27.2 Å². The second-order valence-electron chi connectivity index (χ2n) is 4.94. The van der Waals surface area contributed by atoms with Crippen molar-refractivity contribution in [3.05, 3.63) is 24.3 Å². The van der Waals surface area contributed by atoms with Crippen molar-refractivity contribution in [1.29, 1.82) is 0 Å². The number of aliphatic carboxylic acids is 1. The first kappa shape index (κ1) is 17.8. The highest BCUT2D eigenvalue weighted by Crippen LogP contribution is 2.26. The third-order valence-electron chi connectivity index (χ3n) is 3.30. The van der Waals surface area contributed by atoms with Gasteiger partial charge in [0, 0.05) is 0 Å². The fourth-order valence-corrected chi connectivity index (χ4v) is 1.89. The van der Waals surface area contributed by atoms with Gasteiger partial charge in [0.1, 0.15) is 6.04 Å². The van der Waals surface area contributed by atoms with Gasteiger partial charge in [-0.05, 0) is 25.0 Å².